The zero-order chi connectivity index (χ0) is 14.8. The summed E-state index contributed by atoms with van der Waals surface area (Å²) in [5.41, 5.74) is -0.922. The average molecular weight is 283 g/mol. The van der Waals surface area contributed by atoms with Crippen LogP contribution in [0.25, 0.3) is 0 Å². The Morgan fingerprint density at radius 1 is 1.05 bits per heavy atom. The van der Waals surface area contributed by atoms with Gasteiger partial charge in [0.05, 0.1) is 11.8 Å². The van der Waals surface area contributed by atoms with Crippen LogP contribution in [0.3, 0.4) is 0 Å². The summed E-state index contributed by atoms with van der Waals surface area (Å²) in [7, 11) is 0. The minimum Gasteiger partial charge on any atom is -0.478 e. The second-order valence-electron chi connectivity index (χ2n) is 3.81. The summed E-state index contributed by atoms with van der Waals surface area (Å²) in [6, 6.07) is 7.41. The Balaban J connectivity index is 2.12. The summed E-state index contributed by atoms with van der Waals surface area (Å²) >= 11 is 0. The Labute approximate surface area is 111 Å². The predicted molar refractivity (Wildman–Crippen MR) is 62.7 cm³/mol. The Morgan fingerprint density at radius 2 is 1.65 bits per heavy atom. The highest BCUT2D eigenvalue weighted by Crippen LogP contribution is 2.29. The molecule has 0 atom stereocenters. The number of aromatic nitrogens is 1. The maximum absolute atomic E-state index is 12.3. The Morgan fingerprint density at radius 3 is 2.10 bits per heavy atom. The van der Waals surface area contributed by atoms with Crippen LogP contribution in [-0.4, -0.2) is 16.1 Å². The number of carbonyl (C=O) groups is 1. The van der Waals surface area contributed by atoms with Crippen LogP contribution in [0.4, 0.5) is 13.2 Å². The van der Waals surface area contributed by atoms with Gasteiger partial charge in [-0.2, -0.15) is 13.2 Å². The molecule has 0 saturated heterocycles. The van der Waals surface area contributed by atoms with Crippen molar-refractivity contribution < 1.29 is 27.8 Å². The van der Waals surface area contributed by atoms with E-state index in [0.717, 1.165) is 18.3 Å². The molecule has 0 radical (unpaired) electrons. The van der Waals surface area contributed by atoms with Gasteiger partial charge in [0.15, 0.2) is 0 Å². The number of halogens is 3. The lowest BCUT2D eigenvalue weighted by molar-refractivity contribution is -0.141. The molecule has 2 aromatic rings. The minimum atomic E-state index is -4.50. The molecule has 1 aromatic heterocycles. The monoisotopic (exact) mass is 283 g/mol. The molecule has 0 aliphatic carbocycles. The van der Waals surface area contributed by atoms with E-state index in [1.807, 2.05) is 0 Å². The van der Waals surface area contributed by atoms with Crippen molar-refractivity contribution in [3.05, 3.63) is 53.9 Å². The molecule has 104 valence electrons. The molecule has 0 bridgehead atoms. The van der Waals surface area contributed by atoms with Gasteiger partial charge in [-0.1, -0.05) is 0 Å². The quantitative estimate of drug-likeness (QED) is 0.935. The fourth-order valence-corrected chi connectivity index (χ4v) is 1.41. The van der Waals surface area contributed by atoms with Crippen LogP contribution in [0, 0.1) is 0 Å². The zero-order valence-corrected chi connectivity index (χ0v) is 9.89. The van der Waals surface area contributed by atoms with Crippen molar-refractivity contribution in [1.82, 2.24) is 4.98 Å². The maximum Gasteiger partial charge on any atom is 0.433 e. The lowest BCUT2D eigenvalue weighted by Gasteiger charge is -2.08. The number of benzene rings is 1. The molecule has 0 fully saturated rings. The van der Waals surface area contributed by atoms with Gasteiger partial charge < -0.3 is 9.84 Å². The highest BCUT2D eigenvalue weighted by Gasteiger charge is 2.32. The largest absolute Gasteiger partial charge is 0.478 e. The average Bonchev–Trinajstić information content (AvgIpc) is 2.39. The number of nitrogens with zero attached hydrogens (tertiary/aromatic N) is 1. The normalized spacial score (nSPS) is 11.2. The molecule has 1 aromatic carbocycles. The summed E-state index contributed by atoms with van der Waals surface area (Å²) < 4.78 is 42.2. The smallest absolute Gasteiger partial charge is 0.433 e. The summed E-state index contributed by atoms with van der Waals surface area (Å²) in [6.45, 7) is 0. The Hall–Kier alpha value is -2.57. The van der Waals surface area contributed by atoms with Gasteiger partial charge in [0.1, 0.15) is 17.2 Å². The first kappa shape index (κ1) is 13.9. The number of ether oxygens (including phenoxy) is 1. The van der Waals surface area contributed by atoms with Crippen LogP contribution in [0.5, 0.6) is 11.5 Å². The van der Waals surface area contributed by atoms with Crippen LogP contribution < -0.4 is 4.74 Å². The number of carboxylic acid groups (broad SMARTS) is 1. The number of hydrogen-bond donors (Lipinski definition) is 1. The van der Waals surface area contributed by atoms with Crippen molar-refractivity contribution in [3.63, 3.8) is 0 Å². The molecule has 0 amide bonds. The molecule has 0 saturated carbocycles. The molecular weight excluding hydrogens is 275 g/mol. The van der Waals surface area contributed by atoms with E-state index < -0.39 is 17.8 Å². The van der Waals surface area contributed by atoms with Gasteiger partial charge in [0.25, 0.3) is 0 Å². The van der Waals surface area contributed by atoms with Crippen molar-refractivity contribution in [2.75, 3.05) is 0 Å². The van der Waals surface area contributed by atoms with Crippen molar-refractivity contribution in [2.45, 2.75) is 6.18 Å². The van der Waals surface area contributed by atoms with Crippen LogP contribution in [0.15, 0.2) is 42.6 Å². The zero-order valence-electron chi connectivity index (χ0n) is 9.89. The maximum atomic E-state index is 12.3. The van der Waals surface area contributed by atoms with Gasteiger partial charge in [-0.3, -0.25) is 0 Å². The van der Waals surface area contributed by atoms with Crippen LogP contribution in [0.1, 0.15) is 16.1 Å². The number of rotatable bonds is 3. The first-order valence-corrected chi connectivity index (χ1v) is 5.41. The highest BCUT2D eigenvalue weighted by molar-refractivity contribution is 5.87. The van der Waals surface area contributed by atoms with E-state index in [1.54, 1.807) is 0 Å². The van der Waals surface area contributed by atoms with E-state index in [1.165, 1.54) is 24.3 Å². The molecule has 20 heavy (non-hydrogen) atoms. The van der Waals surface area contributed by atoms with Crippen molar-refractivity contribution in [1.29, 1.82) is 0 Å². The predicted octanol–water partition coefficient (Wildman–Crippen LogP) is 3.59. The SMILES string of the molecule is O=C(O)c1ccc(Oc2ccc(C(F)(F)F)nc2)cc1. The number of pyridine rings is 1. The molecule has 7 heteroatoms. The molecule has 1 heterocycles. The van der Waals surface area contributed by atoms with Crippen LogP contribution >= 0.6 is 0 Å². The molecule has 0 aliphatic heterocycles. The topological polar surface area (TPSA) is 59.4 Å². The lowest BCUT2D eigenvalue weighted by atomic mass is 10.2. The second-order valence-corrected chi connectivity index (χ2v) is 3.81. The van der Waals surface area contributed by atoms with Crippen molar-refractivity contribution >= 4 is 5.97 Å². The third-order valence-electron chi connectivity index (χ3n) is 2.36. The summed E-state index contributed by atoms with van der Waals surface area (Å²) in [5.74, 6) is -0.648. The van der Waals surface area contributed by atoms with Crippen LogP contribution in [-0.2, 0) is 6.18 Å². The summed E-state index contributed by atoms with van der Waals surface area (Å²) in [5, 5.41) is 8.71. The molecule has 0 aliphatic rings. The van der Waals surface area contributed by atoms with Gasteiger partial charge in [-0.05, 0) is 36.4 Å². The summed E-state index contributed by atoms with van der Waals surface area (Å²) in [6.07, 6.45) is -3.55. The van der Waals surface area contributed by atoms with Gasteiger partial charge in [0, 0.05) is 0 Å². The van der Waals surface area contributed by atoms with E-state index in [9.17, 15) is 18.0 Å². The first-order valence-electron chi connectivity index (χ1n) is 5.41. The minimum absolute atomic E-state index is 0.0860. The third kappa shape index (κ3) is 3.25. The van der Waals surface area contributed by atoms with E-state index in [4.69, 9.17) is 9.84 Å². The van der Waals surface area contributed by atoms with Crippen molar-refractivity contribution in [3.8, 4) is 11.5 Å². The molecule has 2 rings (SSSR count). The van der Waals surface area contributed by atoms with Gasteiger partial charge in [-0.15, -0.1) is 0 Å². The molecule has 1 N–H and O–H groups in total. The van der Waals surface area contributed by atoms with Gasteiger partial charge >= 0.3 is 12.1 Å². The van der Waals surface area contributed by atoms with Gasteiger partial charge in [-0.25, -0.2) is 9.78 Å². The first-order chi connectivity index (χ1) is 9.36. The Bertz CT molecular complexity index is 606. The molecule has 4 nitrogen and oxygen atoms in total. The Kier molecular flexibility index (Phi) is 3.60. The number of alkyl halides is 3. The highest BCUT2D eigenvalue weighted by atomic mass is 19.4. The fraction of sp³-hybridized carbons (Fsp3) is 0.0769. The molecule has 0 spiro atoms. The van der Waals surface area contributed by atoms with Crippen molar-refractivity contribution in [2.24, 2.45) is 0 Å². The second kappa shape index (κ2) is 5.20. The fourth-order valence-electron chi connectivity index (χ4n) is 1.41. The number of hydrogen-bond acceptors (Lipinski definition) is 3. The number of carboxylic acids is 1. The third-order valence-corrected chi connectivity index (χ3v) is 2.36. The van der Waals surface area contributed by atoms with Gasteiger partial charge in [0.2, 0.25) is 0 Å². The lowest BCUT2D eigenvalue weighted by Crippen LogP contribution is -2.07. The van der Waals surface area contributed by atoms with E-state index in [-0.39, 0.29) is 11.3 Å². The summed E-state index contributed by atoms with van der Waals surface area (Å²) in [4.78, 5) is 13.9. The van der Waals surface area contributed by atoms with Crippen LogP contribution in [0.2, 0.25) is 0 Å². The molecular formula is C13H8F3NO3. The van der Waals surface area contributed by atoms with E-state index in [0.29, 0.717) is 5.75 Å². The van der Waals surface area contributed by atoms with E-state index in [2.05, 4.69) is 4.98 Å². The standard InChI is InChI=1S/C13H8F3NO3/c14-13(15,16)11-6-5-10(7-17-11)20-9-3-1-8(2-4-9)12(18)19/h1-7H,(H,18,19). The van der Waals surface area contributed by atoms with E-state index >= 15 is 0 Å². The molecule has 0 unspecified atom stereocenters. The number of aromatic carboxylic acids is 1.